The third kappa shape index (κ3) is 3.20. The van der Waals surface area contributed by atoms with E-state index in [-0.39, 0.29) is 23.8 Å². The lowest BCUT2D eigenvalue weighted by Crippen LogP contribution is -2.37. The van der Waals surface area contributed by atoms with Gasteiger partial charge in [-0.1, -0.05) is 55.3 Å². The Balaban J connectivity index is 1.45. The summed E-state index contributed by atoms with van der Waals surface area (Å²) < 4.78 is 0. The van der Waals surface area contributed by atoms with E-state index >= 15 is 0 Å². The number of hydrogen-bond donors (Lipinski definition) is 1. The van der Waals surface area contributed by atoms with Gasteiger partial charge < -0.3 is 10.2 Å². The predicted octanol–water partition coefficient (Wildman–Crippen LogP) is 3.81. The molecule has 0 spiro atoms. The molecule has 1 heterocycles. The van der Waals surface area contributed by atoms with E-state index in [4.69, 9.17) is 0 Å². The van der Waals surface area contributed by atoms with Gasteiger partial charge in [0, 0.05) is 19.0 Å². The largest absolute Gasteiger partial charge is 0.349 e. The number of nitrogens with one attached hydrogen (secondary N) is 1. The molecule has 2 aliphatic rings. The third-order valence-corrected chi connectivity index (χ3v) is 5.94. The summed E-state index contributed by atoms with van der Waals surface area (Å²) in [5, 5.41) is 5.48. The average Bonchev–Trinajstić information content (AvgIpc) is 3.30. The zero-order valence-electron chi connectivity index (χ0n) is 15.3. The van der Waals surface area contributed by atoms with Crippen molar-refractivity contribution in [3.8, 4) is 0 Å². The second kappa shape index (κ2) is 7.10. The first-order valence-electron chi connectivity index (χ1n) is 9.71. The minimum Gasteiger partial charge on any atom is -0.349 e. The number of amides is 2. The van der Waals surface area contributed by atoms with Crippen molar-refractivity contribution in [2.24, 2.45) is 5.92 Å². The average molecular weight is 350 g/mol. The summed E-state index contributed by atoms with van der Waals surface area (Å²) in [6.07, 6.45) is 4.93. The van der Waals surface area contributed by atoms with Crippen molar-refractivity contribution in [1.29, 1.82) is 0 Å². The van der Waals surface area contributed by atoms with Crippen LogP contribution in [0.4, 0.5) is 0 Å². The number of carbonyl (C=O) groups is 2. The van der Waals surface area contributed by atoms with Crippen LogP contribution in [0.2, 0.25) is 0 Å². The molecule has 2 aromatic carbocycles. The third-order valence-electron chi connectivity index (χ3n) is 5.94. The van der Waals surface area contributed by atoms with E-state index < -0.39 is 0 Å². The molecule has 2 atom stereocenters. The molecule has 0 bridgehead atoms. The van der Waals surface area contributed by atoms with Crippen LogP contribution < -0.4 is 5.32 Å². The molecule has 2 amide bonds. The Kier molecular flexibility index (Phi) is 4.66. The summed E-state index contributed by atoms with van der Waals surface area (Å²) >= 11 is 0. The highest BCUT2D eigenvalue weighted by atomic mass is 16.2. The Labute approximate surface area is 154 Å². The molecule has 1 saturated heterocycles. The van der Waals surface area contributed by atoms with Crippen molar-refractivity contribution in [2.45, 2.75) is 51.1 Å². The van der Waals surface area contributed by atoms with Crippen LogP contribution in [0.5, 0.6) is 0 Å². The molecule has 4 nitrogen and oxygen atoms in total. The van der Waals surface area contributed by atoms with Gasteiger partial charge >= 0.3 is 0 Å². The summed E-state index contributed by atoms with van der Waals surface area (Å²) in [6.45, 7) is 2.60. The van der Waals surface area contributed by atoms with E-state index in [1.54, 1.807) is 0 Å². The monoisotopic (exact) mass is 350 g/mol. The first-order valence-corrected chi connectivity index (χ1v) is 9.71. The van der Waals surface area contributed by atoms with Crippen LogP contribution in [-0.4, -0.2) is 29.3 Å². The Morgan fingerprint density at radius 3 is 2.65 bits per heavy atom. The molecule has 1 saturated carbocycles. The highest BCUT2D eigenvalue weighted by Crippen LogP contribution is 2.30. The first kappa shape index (κ1) is 17.1. The minimum absolute atomic E-state index is 0.000666. The summed E-state index contributed by atoms with van der Waals surface area (Å²) in [7, 11) is 0. The second-order valence-corrected chi connectivity index (χ2v) is 7.68. The number of nitrogens with zero attached hydrogens (tertiary/aromatic N) is 1. The minimum atomic E-state index is -0.222. The predicted molar refractivity (Wildman–Crippen MR) is 103 cm³/mol. The molecule has 0 radical (unpaired) electrons. The Morgan fingerprint density at radius 1 is 1.12 bits per heavy atom. The van der Waals surface area contributed by atoms with Gasteiger partial charge in [-0.25, -0.2) is 0 Å². The van der Waals surface area contributed by atoms with Gasteiger partial charge in [-0.2, -0.15) is 0 Å². The fourth-order valence-corrected chi connectivity index (χ4v) is 4.51. The standard InChI is InChI=1S/C22H26N2O2/c1-15(19-12-6-8-16-7-2-5-11-20(16)19)23-22(26)17-13-21(25)24(14-17)18-9-3-4-10-18/h2,5-8,11-12,15,17-18H,3-4,9-10,13-14H2,1H3,(H,23,26)/t15-,17+/m0/s1. The van der Waals surface area contributed by atoms with E-state index in [1.807, 2.05) is 30.0 Å². The molecule has 1 aliphatic heterocycles. The van der Waals surface area contributed by atoms with Gasteiger partial charge in [0.05, 0.1) is 12.0 Å². The van der Waals surface area contributed by atoms with Gasteiger partial charge in [0.25, 0.3) is 0 Å². The van der Waals surface area contributed by atoms with Gasteiger partial charge in [-0.3, -0.25) is 9.59 Å². The van der Waals surface area contributed by atoms with E-state index in [0.29, 0.717) is 19.0 Å². The van der Waals surface area contributed by atoms with Crippen LogP contribution in [-0.2, 0) is 9.59 Å². The molecule has 2 aromatic rings. The summed E-state index contributed by atoms with van der Waals surface area (Å²) in [6, 6.07) is 14.7. The fourth-order valence-electron chi connectivity index (χ4n) is 4.51. The maximum absolute atomic E-state index is 12.8. The molecule has 4 heteroatoms. The molecule has 136 valence electrons. The lowest BCUT2D eigenvalue weighted by atomic mass is 9.99. The lowest BCUT2D eigenvalue weighted by Gasteiger charge is -2.24. The Morgan fingerprint density at radius 2 is 1.85 bits per heavy atom. The van der Waals surface area contributed by atoms with Crippen molar-refractivity contribution in [1.82, 2.24) is 10.2 Å². The van der Waals surface area contributed by atoms with E-state index in [9.17, 15) is 9.59 Å². The van der Waals surface area contributed by atoms with Gasteiger partial charge in [-0.05, 0) is 36.1 Å². The fraction of sp³-hybridized carbons (Fsp3) is 0.455. The Hall–Kier alpha value is -2.36. The molecule has 2 fully saturated rings. The molecule has 0 aromatic heterocycles. The number of likely N-dealkylation sites (tertiary alicyclic amines) is 1. The van der Waals surface area contributed by atoms with Gasteiger partial charge in [0.1, 0.15) is 0 Å². The van der Waals surface area contributed by atoms with Gasteiger partial charge in [0.2, 0.25) is 11.8 Å². The molecular weight excluding hydrogens is 324 g/mol. The quantitative estimate of drug-likeness (QED) is 0.911. The SMILES string of the molecule is C[C@H](NC(=O)[C@@H]1CC(=O)N(C2CCCC2)C1)c1cccc2ccccc12. The van der Waals surface area contributed by atoms with Crippen LogP contribution in [0.15, 0.2) is 42.5 Å². The summed E-state index contributed by atoms with van der Waals surface area (Å²) in [4.78, 5) is 27.1. The van der Waals surface area contributed by atoms with Gasteiger partial charge in [0.15, 0.2) is 0 Å². The molecule has 1 aliphatic carbocycles. The normalized spacial score (nSPS) is 22.1. The number of rotatable bonds is 4. The van der Waals surface area contributed by atoms with Crippen LogP contribution in [0, 0.1) is 5.92 Å². The smallest absolute Gasteiger partial charge is 0.225 e. The molecule has 26 heavy (non-hydrogen) atoms. The van der Waals surface area contributed by atoms with Crippen LogP contribution in [0.1, 0.15) is 50.6 Å². The van der Waals surface area contributed by atoms with Crippen molar-refractivity contribution < 1.29 is 9.59 Å². The summed E-state index contributed by atoms with van der Waals surface area (Å²) in [5.74, 6) is -0.0744. The van der Waals surface area contributed by atoms with Crippen molar-refractivity contribution in [2.75, 3.05) is 6.54 Å². The van der Waals surface area contributed by atoms with E-state index in [2.05, 4.69) is 29.6 Å². The number of hydrogen-bond acceptors (Lipinski definition) is 2. The zero-order valence-corrected chi connectivity index (χ0v) is 15.3. The van der Waals surface area contributed by atoms with E-state index in [1.165, 1.54) is 18.2 Å². The number of benzene rings is 2. The molecular formula is C22H26N2O2. The van der Waals surface area contributed by atoms with Crippen molar-refractivity contribution >= 4 is 22.6 Å². The second-order valence-electron chi connectivity index (χ2n) is 7.68. The zero-order chi connectivity index (χ0) is 18.1. The topological polar surface area (TPSA) is 49.4 Å². The van der Waals surface area contributed by atoms with E-state index in [0.717, 1.165) is 23.8 Å². The highest BCUT2D eigenvalue weighted by Gasteiger charge is 2.38. The van der Waals surface area contributed by atoms with Crippen LogP contribution in [0.25, 0.3) is 10.8 Å². The maximum atomic E-state index is 12.8. The van der Waals surface area contributed by atoms with Crippen molar-refractivity contribution in [3.05, 3.63) is 48.0 Å². The van der Waals surface area contributed by atoms with Gasteiger partial charge in [-0.15, -0.1) is 0 Å². The first-order chi connectivity index (χ1) is 12.6. The lowest BCUT2D eigenvalue weighted by molar-refractivity contribution is -0.130. The Bertz CT molecular complexity index is 821. The number of fused-ring (bicyclic) bond motifs is 1. The van der Waals surface area contributed by atoms with Crippen molar-refractivity contribution in [3.63, 3.8) is 0 Å². The molecule has 1 N–H and O–H groups in total. The number of carbonyl (C=O) groups excluding carboxylic acids is 2. The summed E-state index contributed by atoms with van der Waals surface area (Å²) in [5.41, 5.74) is 1.12. The van der Waals surface area contributed by atoms with Crippen LogP contribution >= 0.6 is 0 Å². The maximum Gasteiger partial charge on any atom is 0.225 e. The highest BCUT2D eigenvalue weighted by molar-refractivity contribution is 5.90. The molecule has 4 rings (SSSR count). The van der Waals surface area contributed by atoms with Crippen LogP contribution in [0.3, 0.4) is 0 Å². The molecule has 0 unspecified atom stereocenters.